The molecular weight excluding hydrogens is 232 g/mol. The fraction of sp³-hybridized carbons (Fsp3) is 0.923. The summed E-state index contributed by atoms with van der Waals surface area (Å²) in [5.74, 6) is 0.134. The van der Waals surface area contributed by atoms with E-state index in [0.717, 1.165) is 24.5 Å². The molecule has 1 aliphatic carbocycles. The van der Waals surface area contributed by atoms with Crippen molar-refractivity contribution in [3.63, 3.8) is 0 Å². The SMILES string of the molecule is CCC(C)(CN)C(=O)NC1CCC(SC)CC1. The number of carbonyl (C=O) groups is 1. The zero-order valence-electron chi connectivity index (χ0n) is 11.3. The van der Waals surface area contributed by atoms with Gasteiger partial charge in [0.25, 0.3) is 0 Å². The van der Waals surface area contributed by atoms with Crippen LogP contribution in [0.3, 0.4) is 0 Å². The van der Waals surface area contributed by atoms with Crippen molar-refractivity contribution in [1.29, 1.82) is 0 Å². The van der Waals surface area contributed by atoms with Crippen LogP contribution in [0.25, 0.3) is 0 Å². The first-order valence-electron chi connectivity index (χ1n) is 6.59. The Labute approximate surface area is 109 Å². The molecule has 0 aromatic heterocycles. The Morgan fingerprint density at radius 1 is 1.41 bits per heavy atom. The molecule has 0 heterocycles. The van der Waals surface area contributed by atoms with Gasteiger partial charge in [-0.05, 0) is 45.3 Å². The summed E-state index contributed by atoms with van der Waals surface area (Å²) in [5, 5.41) is 3.96. The minimum absolute atomic E-state index is 0.134. The fourth-order valence-corrected chi connectivity index (χ4v) is 2.94. The molecule has 1 aliphatic rings. The number of rotatable bonds is 5. The molecule has 1 amide bonds. The quantitative estimate of drug-likeness (QED) is 0.794. The summed E-state index contributed by atoms with van der Waals surface area (Å²) in [5.41, 5.74) is 5.31. The summed E-state index contributed by atoms with van der Waals surface area (Å²) < 4.78 is 0. The maximum atomic E-state index is 12.2. The summed E-state index contributed by atoms with van der Waals surface area (Å²) in [6.45, 7) is 4.41. The number of carbonyl (C=O) groups excluding carboxylic acids is 1. The lowest BCUT2D eigenvalue weighted by molar-refractivity contribution is -0.130. The molecule has 4 heteroatoms. The van der Waals surface area contributed by atoms with Crippen LogP contribution in [0.2, 0.25) is 0 Å². The second-order valence-electron chi connectivity index (χ2n) is 5.30. The molecule has 1 rings (SSSR count). The molecule has 17 heavy (non-hydrogen) atoms. The lowest BCUT2D eigenvalue weighted by atomic mass is 9.85. The van der Waals surface area contributed by atoms with Gasteiger partial charge in [0.05, 0.1) is 5.41 Å². The first-order chi connectivity index (χ1) is 8.05. The van der Waals surface area contributed by atoms with E-state index in [4.69, 9.17) is 5.73 Å². The summed E-state index contributed by atoms with van der Waals surface area (Å²) in [6.07, 6.45) is 7.64. The van der Waals surface area contributed by atoms with Gasteiger partial charge in [-0.1, -0.05) is 6.92 Å². The minimum Gasteiger partial charge on any atom is -0.353 e. The van der Waals surface area contributed by atoms with Gasteiger partial charge in [0.15, 0.2) is 0 Å². The molecule has 1 fully saturated rings. The van der Waals surface area contributed by atoms with Crippen LogP contribution in [0.15, 0.2) is 0 Å². The van der Waals surface area contributed by atoms with Gasteiger partial charge in [-0.2, -0.15) is 11.8 Å². The number of thioether (sulfide) groups is 1. The van der Waals surface area contributed by atoms with Crippen LogP contribution < -0.4 is 11.1 Å². The van der Waals surface area contributed by atoms with Crippen LogP contribution in [0.1, 0.15) is 46.0 Å². The molecule has 0 aromatic carbocycles. The van der Waals surface area contributed by atoms with Crippen molar-refractivity contribution in [3.05, 3.63) is 0 Å². The average molecular weight is 258 g/mol. The van der Waals surface area contributed by atoms with Crippen molar-refractivity contribution < 1.29 is 4.79 Å². The van der Waals surface area contributed by atoms with Gasteiger partial charge in [-0.25, -0.2) is 0 Å². The molecule has 0 spiro atoms. The van der Waals surface area contributed by atoms with Crippen LogP contribution in [-0.4, -0.2) is 30.0 Å². The van der Waals surface area contributed by atoms with E-state index < -0.39 is 5.41 Å². The summed E-state index contributed by atoms with van der Waals surface area (Å²) in [4.78, 5) is 12.2. The van der Waals surface area contributed by atoms with E-state index in [2.05, 4.69) is 11.6 Å². The predicted molar refractivity (Wildman–Crippen MR) is 75.2 cm³/mol. The Bertz CT molecular complexity index is 246. The Hall–Kier alpha value is -0.220. The number of nitrogens with one attached hydrogen (secondary N) is 1. The lowest BCUT2D eigenvalue weighted by Crippen LogP contribution is -2.48. The number of nitrogens with two attached hydrogens (primary N) is 1. The lowest BCUT2D eigenvalue weighted by Gasteiger charge is -2.32. The van der Waals surface area contributed by atoms with Crippen molar-refractivity contribution in [2.24, 2.45) is 11.1 Å². The molecule has 0 radical (unpaired) electrons. The Kier molecular flexibility index (Phi) is 5.80. The van der Waals surface area contributed by atoms with E-state index in [1.54, 1.807) is 0 Å². The first kappa shape index (κ1) is 14.8. The van der Waals surface area contributed by atoms with Gasteiger partial charge in [-0.15, -0.1) is 0 Å². The zero-order valence-corrected chi connectivity index (χ0v) is 12.1. The topological polar surface area (TPSA) is 55.1 Å². The minimum atomic E-state index is -0.393. The van der Waals surface area contributed by atoms with Crippen LogP contribution in [0.4, 0.5) is 0 Å². The van der Waals surface area contributed by atoms with Crippen LogP contribution in [-0.2, 0) is 4.79 Å². The van der Waals surface area contributed by atoms with E-state index in [-0.39, 0.29) is 5.91 Å². The van der Waals surface area contributed by atoms with E-state index in [0.29, 0.717) is 12.6 Å². The normalized spacial score (nSPS) is 28.5. The van der Waals surface area contributed by atoms with Gasteiger partial charge >= 0.3 is 0 Å². The molecule has 3 nitrogen and oxygen atoms in total. The highest BCUT2D eigenvalue weighted by Crippen LogP contribution is 2.28. The van der Waals surface area contributed by atoms with Crippen molar-refractivity contribution in [1.82, 2.24) is 5.32 Å². The van der Waals surface area contributed by atoms with Gasteiger partial charge in [-0.3, -0.25) is 4.79 Å². The van der Waals surface area contributed by atoms with Crippen molar-refractivity contribution in [2.75, 3.05) is 12.8 Å². The van der Waals surface area contributed by atoms with Crippen LogP contribution in [0, 0.1) is 5.41 Å². The average Bonchev–Trinajstić information content (AvgIpc) is 2.38. The smallest absolute Gasteiger partial charge is 0.227 e. The maximum absolute atomic E-state index is 12.2. The highest BCUT2D eigenvalue weighted by atomic mass is 32.2. The Morgan fingerprint density at radius 3 is 2.41 bits per heavy atom. The third-order valence-electron chi connectivity index (χ3n) is 4.12. The Morgan fingerprint density at radius 2 is 2.00 bits per heavy atom. The molecular formula is C13H26N2OS. The van der Waals surface area contributed by atoms with Crippen molar-refractivity contribution in [2.45, 2.75) is 57.2 Å². The van der Waals surface area contributed by atoms with Crippen LogP contribution in [0.5, 0.6) is 0 Å². The first-order valence-corrected chi connectivity index (χ1v) is 7.88. The highest BCUT2D eigenvalue weighted by Gasteiger charge is 2.32. The zero-order chi connectivity index (χ0) is 12.9. The number of amides is 1. The second-order valence-corrected chi connectivity index (χ2v) is 6.44. The molecule has 0 aliphatic heterocycles. The van der Waals surface area contributed by atoms with Crippen molar-refractivity contribution in [3.8, 4) is 0 Å². The van der Waals surface area contributed by atoms with Gasteiger partial charge < -0.3 is 11.1 Å². The molecule has 0 saturated heterocycles. The Balaban J connectivity index is 2.42. The number of hydrogen-bond donors (Lipinski definition) is 2. The van der Waals surface area contributed by atoms with Crippen LogP contribution >= 0.6 is 11.8 Å². The standard InChI is InChI=1S/C13H26N2OS/c1-4-13(2,9-14)12(16)15-10-5-7-11(17-3)8-6-10/h10-11H,4-9,14H2,1-3H3,(H,15,16). The summed E-state index contributed by atoms with van der Waals surface area (Å²) in [6, 6.07) is 0.364. The molecule has 1 atom stereocenters. The molecule has 100 valence electrons. The molecule has 1 unspecified atom stereocenters. The fourth-order valence-electron chi connectivity index (χ4n) is 2.20. The third kappa shape index (κ3) is 3.88. The highest BCUT2D eigenvalue weighted by molar-refractivity contribution is 7.99. The van der Waals surface area contributed by atoms with E-state index >= 15 is 0 Å². The maximum Gasteiger partial charge on any atom is 0.227 e. The summed E-state index contributed by atoms with van der Waals surface area (Å²) >= 11 is 1.95. The van der Waals surface area contributed by atoms with E-state index in [9.17, 15) is 4.79 Å². The number of hydrogen-bond acceptors (Lipinski definition) is 3. The summed E-state index contributed by atoms with van der Waals surface area (Å²) in [7, 11) is 0. The van der Waals surface area contributed by atoms with E-state index in [1.165, 1.54) is 12.8 Å². The van der Waals surface area contributed by atoms with Crippen molar-refractivity contribution >= 4 is 17.7 Å². The predicted octanol–water partition coefficient (Wildman–Crippen LogP) is 2.15. The van der Waals surface area contributed by atoms with Gasteiger partial charge in [0.1, 0.15) is 0 Å². The monoisotopic (exact) mass is 258 g/mol. The molecule has 1 saturated carbocycles. The third-order valence-corrected chi connectivity index (χ3v) is 5.26. The largest absolute Gasteiger partial charge is 0.353 e. The molecule has 0 bridgehead atoms. The second kappa shape index (κ2) is 6.64. The molecule has 3 N–H and O–H groups in total. The molecule has 0 aromatic rings. The van der Waals surface area contributed by atoms with Gasteiger partial charge in [0, 0.05) is 17.8 Å². The van der Waals surface area contributed by atoms with E-state index in [1.807, 2.05) is 25.6 Å². The van der Waals surface area contributed by atoms with Gasteiger partial charge in [0.2, 0.25) is 5.91 Å².